The Hall–Kier alpha value is -4.85. The van der Waals surface area contributed by atoms with E-state index in [1.165, 1.54) is 4.90 Å². The summed E-state index contributed by atoms with van der Waals surface area (Å²) in [6.07, 6.45) is -4.57. The largest absolute Gasteiger partial charge is 0.491 e. The Morgan fingerprint density at radius 3 is 2.24 bits per heavy atom. The molecule has 0 fully saturated rings. The van der Waals surface area contributed by atoms with Gasteiger partial charge in [-0.15, -0.1) is 0 Å². The number of alkyl halides is 3. The molecule has 0 saturated heterocycles. The summed E-state index contributed by atoms with van der Waals surface area (Å²) < 4.78 is 42.5. The summed E-state index contributed by atoms with van der Waals surface area (Å²) in [6.45, 7) is -0.530. The number of hydrogen-bond donors (Lipinski definition) is 3. The number of thiol groups is 1. The van der Waals surface area contributed by atoms with Crippen LogP contribution in [0.4, 0.5) is 24.5 Å². The third kappa shape index (κ3) is 8.41. The van der Waals surface area contributed by atoms with Crippen molar-refractivity contribution >= 4 is 53.7 Å². The van der Waals surface area contributed by atoms with Crippen molar-refractivity contribution in [1.82, 2.24) is 4.90 Å². The molecule has 0 radical (unpaired) electrons. The van der Waals surface area contributed by atoms with Gasteiger partial charge < -0.3 is 21.1 Å². The van der Waals surface area contributed by atoms with Crippen molar-refractivity contribution in [1.29, 1.82) is 0 Å². The van der Waals surface area contributed by atoms with Crippen LogP contribution in [0.25, 0.3) is 0 Å². The Balaban J connectivity index is 1.74. The maximum absolute atomic E-state index is 14.3. The fraction of sp³-hybridized carbons (Fsp3) is 0.258. The number of amides is 2. The van der Waals surface area contributed by atoms with Gasteiger partial charge in [0.1, 0.15) is 6.54 Å². The predicted octanol–water partition coefficient (Wildman–Crippen LogP) is 4.42. The molecule has 2 unspecified atom stereocenters. The lowest BCUT2D eigenvalue weighted by Gasteiger charge is -2.30. The maximum atomic E-state index is 14.3. The number of halogens is 3. The highest BCUT2D eigenvalue weighted by molar-refractivity contribution is 7.80. The first kappa shape index (κ1) is 33.1. The minimum absolute atomic E-state index is 0.0870. The molecule has 14 heteroatoms. The number of carbonyl (C=O) groups excluding carboxylic acids is 4. The number of aliphatic imine (C=N–C) groups is 1. The first-order valence-electron chi connectivity index (χ1n) is 13.8. The Morgan fingerprint density at radius 1 is 0.978 bits per heavy atom. The predicted molar refractivity (Wildman–Crippen MR) is 164 cm³/mol. The van der Waals surface area contributed by atoms with Crippen LogP contribution in [0.5, 0.6) is 0 Å². The van der Waals surface area contributed by atoms with E-state index in [9.17, 15) is 32.3 Å². The number of nitrogens with two attached hydrogens (primary N) is 2. The average molecular weight is 642 g/mol. The van der Waals surface area contributed by atoms with Crippen molar-refractivity contribution in [3.8, 4) is 0 Å². The summed E-state index contributed by atoms with van der Waals surface area (Å²) in [4.78, 5) is 58.6. The summed E-state index contributed by atoms with van der Waals surface area (Å²) in [5.74, 6) is -5.44. The molecule has 3 aromatic carbocycles. The standard InChI is InChI=1S/C31H30F3N5O5S/c32-31(33,34)29(43)44-27(41)17-24(20-9-3-1-4-10-20)38-18-26(40)39(21-11-5-2-6-12-21)23-15-14-19(16-22(23)28(38)42)8-7-13-25(45)37-30(35)36/h1-6,9-12,14-16,24-25,45H,7-8,13,17-18H2,(H4,35,36,37). The van der Waals surface area contributed by atoms with Gasteiger partial charge in [-0.1, -0.05) is 54.6 Å². The minimum Gasteiger partial charge on any atom is -0.386 e. The first-order chi connectivity index (χ1) is 21.3. The van der Waals surface area contributed by atoms with Gasteiger partial charge in [-0.2, -0.15) is 25.8 Å². The number of carbonyl (C=O) groups is 4. The fourth-order valence-electron chi connectivity index (χ4n) is 4.96. The van der Waals surface area contributed by atoms with E-state index < -0.39 is 54.3 Å². The lowest BCUT2D eigenvalue weighted by Crippen LogP contribution is -2.41. The van der Waals surface area contributed by atoms with Crippen LogP contribution in [0.1, 0.15) is 46.8 Å². The van der Waals surface area contributed by atoms with Crippen molar-refractivity contribution in [3.63, 3.8) is 0 Å². The highest BCUT2D eigenvalue weighted by Crippen LogP contribution is 2.37. The monoisotopic (exact) mass is 641 g/mol. The Labute approximate surface area is 262 Å². The fourth-order valence-corrected chi connectivity index (χ4v) is 5.28. The third-order valence-electron chi connectivity index (χ3n) is 6.95. The summed E-state index contributed by atoms with van der Waals surface area (Å²) in [5, 5.41) is -0.422. The van der Waals surface area contributed by atoms with Crippen LogP contribution < -0.4 is 16.4 Å². The van der Waals surface area contributed by atoms with Gasteiger partial charge in [0.2, 0.25) is 0 Å². The third-order valence-corrected chi connectivity index (χ3v) is 7.32. The van der Waals surface area contributed by atoms with Crippen LogP contribution in [0, 0.1) is 0 Å². The van der Waals surface area contributed by atoms with Crippen molar-refractivity contribution in [2.75, 3.05) is 11.4 Å². The van der Waals surface area contributed by atoms with E-state index in [-0.39, 0.29) is 17.2 Å². The number of guanidine groups is 1. The van der Waals surface area contributed by atoms with Crippen molar-refractivity contribution in [3.05, 3.63) is 95.6 Å². The van der Waals surface area contributed by atoms with E-state index in [1.54, 1.807) is 78.9 Å². The molecule has 1 aliphatic heterocycles. The van der Waals surface area contributed by atoms with Gasteiger partial charge >= 0.3 is 18.1 Å². The molecule has 10 nitrogen and oxygen atoms in total. The number of fused-ring (bicyclic) bond motifs is 1. The summed E-state index contributed by atoms with van der Waals surface area (Å²) >= 11 is 4.34. The zero-order valence-corrected chi connectivity index (χ0v) is 24.7. The summed E-state index contributed by atoms with van der Waals surface area (Å²) in [6, 6.07) is 20.5. The molecule has 2 amide bonds. The number of hydrogen-bond acceptors (Lipinski definition) is 7. The van der Waals surface area contributed by atoms with Crippen LogP contribution in [0.15, 0.2) is 83.9 Å². The highest BCUT2D eigenvalue weighted by atomic mass is 32.1. The van der Waals surface area contributed by atoms with E-state index in [0.717, 1.165) is 10.5 Å². The molecule has 0 saturated carbocycles. The van der Waals surface area contributed by atoms with E-state index in [0.29, 0.717) is 30.5 Å². The van der Waals surface area contributed by atoms with Gasteiger partial charge in [-0.3, -0.25) is 19.3 Å². The molecule has 0 aliphatic carbocycles. The molecule has 2 atom stereocenters. The number of benzene rings is 3. The normalized spacial score (nSPS) is 14.7. The van der Waals surface area contributed by atoms with Gasteiger partial charge in [0.05, 0.1) is 29.1 Å². The van der Waals surface area contributed by atoms with E-state index in [1.807, 2.05) is 0 Å². The second-order valence-corrected chi connectivity index (χ2v) is 10.8. The molecular weight excluding hydrogens is 611 g/mol. The van der Waals surface area contributed by atoms with E-state index in [2.05, 4.69) is 22.4 Å². The molecule has 1 aliphatic rings. The van der Waals surface area contributed by atoms with Gasteiger partial charge in [-0.05, 0) is 54.7 Å². The number of aryl methyl sites for hydroxylation is 1. The van der Waals surface area contributed by atoms with Crippen molar-refractivity contribution in [2.45, 2.75) is 43.3 Å². The summed E-state index contributed by atoms with van der Waals surface area (Å²) in [7, 11) is 0. The molecule has 0 bridgehead atoms. The molecule has 4 N–H and O–H groups in total. The van der Waals surface area contributed by atoms with Crippen LogP contribution in [0.2, 0.25) is 0 Å². The van der Waals surface area contributed by atoms with Gasteiger partial charge in [0.25, 0.3) is 11.8 Å². The SMILES string of the molecule is NC(N)=NC(S)CCCc1ccc2c(c1)C(=O)N(C(CC(=O)OC(=O)C(F)(F)F)c1ccccc1)CC(=O)N2c1ccccc1. The summed E-state index contributed by atoms with van der Waals surface area (Å²) in [5.41, 5.74) is 12.8. The molecule has 4 rings (SSSR count). The average Bonchev–Trinajstić information content (AvgIpc) is 3.09. The second-order valence-electron chi connectivity index (χ2n) is 10.2. The number of nitrogens with zero attached hydrogens (tertiary/aromatic N) is 3. The minimum atomic E-state index is -5.39. The number of para-hydroxylation sites is 1. The molecule has 0 spiro atoms. The Morgan fingerprint density at radius 2 is 1.62 bits per heavy atom. The number of rotatable bonds is 10. The zero-order chi connectivity index (χ0) is 32.7. The van der Waals surface area contributed by atoms with Crippen LogP contribution in [0.3, 0.4) is 0 Å². The van der Waals surface area contributed by atoms with Gasteiger partial charge in [0.15, 0.2) is 5.96 Å². The number of anilines is 2. The molecular formula is C31H30F3N5O5S. The first-order valence-corrected chi connectivity index (χ1v) is 14.3. The molecule has 45 heavy (non-hydrogen) atoms. The lowest BCUT2D eigenvalue weighted by molar-refractivity contribution is -0.202. The molecule has 3 aromatic rings. The van der Waals surface area contributed by atoms with Crippen LogP contribution in [-0.4, -0.2) is 52.7 Å². The quantitative estimate of drug-likeness (QED) is 0.0976. The second kappa shape index (κ2) is 14.3. The maximum Gasteiger partial charge on any atom is 0.491 e. The van der Waals surface area contributed by atoms with E-state index in [4.69, 9.17) is 11.5 Å². The van der Waals surface area contributed by atoms with E-state index >= 15 is 0 Å². The lowest BCUT2D eigenvalue weighted by atomic mass is 9.99. The Kier molecular flexibility index (Phi) is 10.5. The van der Waals surface area contributed by atoms with Crippen LogP contribution in [-0.2, 0) is 25.5 Å². The van der Waals surface area contributed by atoms with Crippen LogP contribution >= 0.6 is 12.6 Å². The van der Waals surface area contributed by atoms with Gasteiger partial charge in [-0.25, -0.2) is 9.79 Å². The number of esters is 2. The number of ether oxygens (including phenoxy) is 1. The highest BCUT2D eigenvalue weighted by Gasteiger charge is 2.43. The molecule has 0 aromatic heterocycles. The topological polar surface area (TPSA) is 148 Å². The van der Waals surface area contributed by atoms with Crippen molar-refractivity contribution < 1.29 is 37.1 Å². The smallest absolute Gasteiger partial charge is 0.386 e. The molecule has 1 heterocycles. The molecule has 236 valence electrons. The zero-order valence-electron chi connectivity index (χ0n) is 23.8. The Bertz CT molecular complexity index is 1580. The van der Waals surface area contributed by atoms with Gasteiger partial charge in [0, 0.05) is 5.69 Å². The van der Waals surface area contributed by atoms with Crippen molar-refractivity contribution in [2.24, 2.45) is 16.5 Å².